The zero-order chi connectivity index (χ0) is 9.40. The molecule has 0 rings (SSSR count). The van der Waals surface area contributed by atoms with Gasteiger partial charge in [0.15, 0.2) is 0 Å². The summed E-state index contributed by atoms with van der Waals surface area (Å²) in [5.74, 6) is -0.00755. The Morgan fingerprint density at radius 1 is 1.75 bits per heavy atom. The van der Waals surface area contributed by atoms with Crippen molar-refractivity contribution in [2.45, 2.75) is 18.9 Å². The van der Waals surface area contributed by atoms with Gasteiger partial charge in [-0.15, -0.1) is 11.6 Å². The molecule has 0 bridgehead atoms. The van der Waals surface area contributed by atoms with Crippen molar-refractivity contribution in [2.24, 2.45) is 0 Å². The van der Waals surface area contributed by atoms with Gasteiger partial charge >= 0.3 is 5.97 Å². The normalized spacial score (nSPS) is 12.2. The second-order valence-corrected chi connectivity index (χ2v) is 2.70. The van der Waals surface area contributed by atoms with Gasteiger partial charge in [-0.1, -0.05) is 6.58 Å². The molecule has 0 aromatic heterocycles. The van der Waals surface area contributed by atoms with Crippen molar-refractivity contribution in [3.63, 3.8) is 0 Å². The molecule has 0 amide bonds. The summed E-state index contributed by atoms with van der Waals surface area (Å²) in [4.78, 5) is 10.5. The van der Waals surface area contributed by atoms with Crippen LogP contribution >= 0.6 is 11.6 Å². The van der Waals surface area contributed by atoms with Crippen molar-refractivity contribution in [3.05, 3.63) is 12.7 Å². The van der Waals surface area contributed by atoms with Crippen LogP contribution in [0.3, 0.4) is 0 Å². The van der Waals surface area contributed by atoms with Crippen LogP contribution in [0.5, 0.6) is 0 Å². The maximum absolute atomic E-state index is 10.5. The fourth-order valence-electron chi connectivity index (χ4n) is 0.633. The molecule has 1 atom stereocenters. The Hall–Kier alpha value is -0.540. The van der Waals surface area contributed by atoms with E-state index in [2.05, 4.69) is 11.3 Å². The molecule has 0 aliphatic heterocycles. The average molecular weight is 193 g/mol. The van der Waals surface area contributed by atoms with Crippen molar-refractivity contribution in [1.29, 1.82) is 0 Å². The Morgan fingerprint density at radius 3 is 2.92 bits per heavy atom. The number of carbonyl (C=O) groups excluding carboxylic acids is 1. The van der Waals surface area contributed by atoms with E-state index in [4.69, 9.17) is 16.7 Å². The molecule has 0 radical (unpaired) electrons. The second kappa shape index (κ2) is 7.13. The van der Waals surface area contributed by atoms with Gasteiger partial charge in [-0.05, 0) is 12.8 Å². The third-order valence-electron chi connectivity index (χ3n) is 1.26. The first kappa shape index (κ1) is 11.5. The summed E-state index contributed by atoms with van der Waals surface area (Å²) in [5.41, 5.74) is 0. The molecule has 70 valence electrons. The summed E-state index contributed by atoms with van der Waals surface area (Å²) in [6, 6.07) is 0. The lowest BCUT2D eigenvalue weighted by molar-refractivity contribution is -0.140. The van der Waals surface area contributed by atoms with Crippen molar-refractivity contribution >= 4 is 17.6 Å². The number of ether oxygens (including phenoxy) is 1. The molecule has 0 aliphatic carbocycles. The lowest BCUT2D eigenvalue weighted by atomic mass is 10.2. The van der Waals surface area contributed by atoms with Crippen LogP contribution in [0.15, 0.2) is 12.7 Å². The standard InChI is InChI=1S/C8H13ClO3/c1-2-8(11)12-6-7(10)4-3-5-9/h2,7,10H,1,3-6H2. The van der Waals surface area contributed by atoms with Crippen LogP contribution in [0, 0.1) is 0 Å². The predicted molar refractivity (Wildman–Crippen MR) is 47.1 cm³/mol. The Bertz CT molecular complexity index is 147. The fourth-order valence-corrected chi connectivity index (χ4v) is 0.788. The van der Waals surface area contributed by atoms with Gasteiger partial charge in [0.25, 0.3) is 0 Å². The highest BCUT2D eigenvalue weighted by Crippen LogP contribution is 1.99. The smallest absolute Gasteiger partial charge is 0.330 e. The lowest BCUT2D eigenvalue weighted by Gasteiger charge is -2.08. The van der Waals surface area contributed by atoms with Gasteiger partial charge in [0.1, 0.15) is 6.61 Å². The van der Waals surface area contributed by atoms with Crippen LogP contribution in [0.2, 0.25) is 0 Å². The summed E-state index contributed by atoms with van der Waals surface area (Å²) in [6.07, 6.45) is 1.71. The van der Waals surface area contributed by atoms with Gasteiger partial charge in [0.2, 0.25) is 0 Å². The number of rotatable bonds is 6. The summed E-state index contributed by atoms with van der Waals surface area (Å²) >= 11 is 5.40. The summed E-state index contributed by atoms with van der Waals surface area (Å²) in [5, 5.41) is 9.15. The zero-order valence-electron chi connectivity index (χ0n) is 6.83. The van der Waals surface area contributed by atoms with Crippen LogP contribution in [-0.4, -0.2) is 29.7 Å². The highest BCUT2D eigenvalue weighted by atomic mass is 35.5. The predicted octanol–water partition coefficient (Wildman–Crippen LogP) is 1.10. The summed E-state index contributed by atoms with van der Waals surface area (Å²) in [6.45, 7) is 3.24. The SMILES string of the molecule is C=CC(=O)OCC(O)CCCCl. The molecule has 0 saturated carbocycles. The second-order valence-electron chi connectivity index (χ2n) is 2.32. The fraction of sp³-hybridized carbons (Fsp3) is 0.625. The molecule has 0 aliphatic rings. The van der Waals surface area contributed by atoms with Gasteiger partial charge in [0, 0.05) is 12.0 Å². The van der Waals surface area contributed by atoms with Crippen molar-refractivity contribution < 1.29 is 14.6 Å². The van der Waals surface area contributed by atoms with Crippen LogP contribution < -0.4 is 0 Å². The molecule has 0 spiro atoms. The quantitative estimate of drug-likeness (QED) is 0.390. The van der Waals surface area contributed by atoms with Crippen LogP contribution in [0.4, 0.5) is 0 Å². The minimum absolute atomic E-state index is 0.0156. The first-order chi connectivity index (χ1) is 5.70. The molecule has 0 saturated heterocycles. The maximum Gasteiger partial charge on any atom is 0.330 e. The van der Waals surface area contributed by atoms with E-state index in [0.717, 1.165) is 6.08 Å². The van der Waals surface area contributed by atoms with Crippen molar-refractivity contribution in [2.75, 3.05) is 12.5 Å². The lowest BCUT2D eigenvalue weighted by Crippen LogP contribution is -2.17. The van der Waals surface area contributed by atoms with E-state index in [1.54, 1.807) is 0 Å². The van der Waals surface area contributed by atoms with Gasteiger partial charge in [0.05, 0.1) is 6.10 Å². The molecule has 1 unspecified atom stereocenters. The molecule has 4 heteroatoms. The number of aliphatic hydroxyl groups excluding tert-OH is 1. The highest BCUT2D eigenvalue weighted by Gasteiger charge is 2.05. The third-order valence-corrected chi connectivity index (χ3v) is 1.52. The summed E-state index contributed by atoms with van der Waals surface area (Å²) in [7, 11) is 0. The van der Waals surface area contributed by atoms with E-state index in [1.807, 2.05) is 0 Å². The number of halogens is 1. The monoisotopic (exact) mass is 192 g/mol. The van der Waals surface area contributed by atoms with Crippen molar-refractivity contribution in [1.82, 2.24) is 0 Å². The van der Waals surface area contributed by atoms with E-state index in [0.29, 0.717) is 18.7 Å². The van der Waals surface area contributed by atoms with Gasteiger partial charge in [-0.3, -0.25) is 0 Å². The molecule has 3 nitrogen and oxygen atoms in total. The Balaban J connectivity index is 3.36. The molecule has 0 heterocycles. The number of hydrogen-bond donors (Lipinski definition) is 1. The van der Waals surface area contributed by atoms with E-state index in [-0.39, 0.29) is 6.61 Å². The molecule has 12 heavy (non-hydrogen) atoms. The third kappa shape index (κ3) is 6.19. The molecule has 0 fully saturated rings. The topological polar surface area (TPSA) is 46.5 Å². The minimum Gasteiger partial charge on any atom is -0.460 e. The summed E-state index contributed by atoms with van der Waals surface area (Å²) < 4.78 is 4.60. The minimum atomic E-state index is -0.618. The van der Waals surface area contributed by atoms with E-state index in [1.165, 1.54) is 0 Å². The number of esters is 1. The van der Waals surface area contributed by atoms with Gasteiger partial charge in [-0.25, -0.2) is 4.79 Å². The van der Waals surface area contributed by atoms with E-state index in [9.17, 15) is 4.79 Å². The molecular weight excluding hydrogens is 180 g/mol. The maximum atomic E-state index is 10.5. The van der Waals surface area contributed by atoms with Crippen molar-refractivity contribution in [3.8, 4) is 0 Å². The largest absolute Gasteiger partial charge is 0.460 e. The van der Waals surface area contributed by atoms with Gasteiger partial charge < -0.3 is 9.84 Å². The average Bonchev–Trinajstić information content (AvgIpc) is 2.10. The van der Waals surface area contributed by atoms with Crippen LogP contribution in [0.25, 0.3) is 0 Å². The Labute approximate surface area is 77.0 Å². The number of aliphatic hydroxyl groups is 1. The Kier molecular flexibility index (Phi) is 6.81. The molecule has 0 aromatic rings. The van der Waals surface area contributed by atoms with Crippen LogP contribution in [-0.2, 0) is 9.53 Å². The number of carbonyl (C=O) groups is 1. The van der Waals surface area contributed by atoms with E-state index < -0.39 is 12.1 Å². The molecular formula is C8H13ClO3. The highest BCUT2D eigenvalue weighted by molar-refractivity contribution is 6.17. The Morgan fingerprint density at radius 2 is 2.42 bits per heavy atom. The van der Waals surface area contributed by atoms with E-state index >= 15 is 0 Å². The first-order valence-corrected chi connectivity index (χ1v) is 4.27. The van der Waals surface area contributed by atoms with Gasteiger partial charge in [-0.2, -0.15) is 0 Å². The van der Waals surface area contributed by atoms with Crippen LogP contribution in [0.1, 0.15) is 12.8 Å². The number of hydrogen-bond acceptors (Lipinski definition) is 3. The molecule has 0 aromatic carbocycles. The first-order valence-electron chi connectivity index (χ1n) is 3.74. The zero-order valence-corrected chi connectivity index (χ0v) is 7.59. The molecule has 1 N–H and O–H groups in total. The number of alkyl halides is 1.